The van der Waals surface area contributed by atoms with Crippen LogP contribution in [0.25, 0.3) is 0 Å². The Kier molecular flexibility index (Phi) is 3.55. The number of carbonyl (C=O) groups is 2. The minimum atomic E-state index is -0.201. The average molecular weight is 329 g/mol. The monoisotopic (exact) mass is 329 g/mol. The number of hydrogen-bond acceptors (Lipinski definition) is 4. The minimum Gasteiger partial charge on any atom is -0.493 e. The van der Waals surface area contributed by atoms with Crippen molar-refractivity contribution >= 4 is 11.9 Å². The van der Waals surface area contributed by atoms with E-state index in [4.69, 9.17) is 9.47 Å². The molecule has 5 heteroatoms. The predicted molar refractivity (Wildman–Crippen MR) is 87.9 cm³/mol. The molecule has 0 spiro atoms. The van der Waals surface area contributed by atoms with Crippen molar-refractivity contribution in [2.75, 3.05) is 21.2 Å². The van der Waals surface area contributed by atoms with Crippen LogP contribution in [0.15, 0.2) is 18.2 Å². The second-order valence-electron chi connectivity index (χ2n) is 7.47. The summed E-state index contributed by atoms with van der Waals surface area (Å²) >= 11 is 0. The van der Waals surface area contributed by atoms with Crippen molar-refractivity contribution in [1.29, 1.82) is 0 Å². The lowest BCUT2D eigenvalue weighted by atomic mass is 10.0. The number of esters is 1. The first-order valence-electron chi connectivity index (χ1n) is 8.63. The molecular weight excluding hydrogens is 306 g/mol. The standard InChI is InChI=1S/C19H23NO4/c1-20(2)18(21)12-5-4-6-13(23-3)17(12)24-19(22)16-14-10-7-8-11(9-10)15(14)16/h4-6,10-11,14-16H,7-9H2,1-3H3/t10-,11-,14+,15+/m0/s1. The summed E-state index contributed by atoms with van der Waals surface area (Å²) in [6, 6.07) is 5.12. The van der Waals surface area contributed by atoms with Gasteiger partial charge in [0.1, 0.15) is 0 Å². The zero-order valence-corrected chi connectivity index (χ0v) is 14.3. The first kappa shape index (κ1) is 15.5. The van der Waals surface area contributed by atoms with Crippen LogP contribution < -0.4 is 9.47 Å². The Hall–Kier alpha value is -2.04. The largest absolute Gasteiger partial charge is 0.493 e. The SMILES string of the molecule is COc1cccc(C(=O)N(C)C)c1OC(=O)C1[C@@H]2[C@H]3CC[C@@H](C3)[C@@H]12. The Labute approximate surface area is 141 Å². The molecule has 0 heterocycles. The Morgan fingerprint density at radius 3 is 2.38 bits per heavy atom. The fourth-order valence-electron chi connectivity index (χ4n) is 5.00. The van der Waals surface area contributed by atoms with E-state index in [1.807, 2.05) is 0 Å². The number of hydrogen-bond donors (Lipinski definition) is 0. The van der Waals surface area contributed by atoms with Crippen molar-refractivity contribution in [2.24, 2.45) is 29.6 Å². The molecule has 128 valence electrons. The van der Waals surface area contributed by atoms with E-state index in [2.05, 4.69) is 0 Å². The second kappa shape index (κ2) is 5.50. The molecule has 3 fully saturated rings. The highest BCUT2D eigenvalue weighted by Crippen LogP contribution is 2.69. The van der Waals surface area contributed by atoms with Gasteiger partial charge in [0.05, 0.1) is 18.6 Å². The molecule has 0 saturated heterocycles. The highest BCUT2D eigenvalue weighted by atomic mass is 16.6. The molecule has 3 saturated carbocycles. The third-order valence-electron chi connectivity index (χ3n) is 6.05. The number of benzene rings is 1. The summed E-state index contributed by atoms with van der Waals surface area (Å²) < 4.78 is 11.0. The maximum Gasteiger partial charge on any atom is 0.315 e. The molecule has 3 aliphatic carbocycles. The van der Waals surface area contributed by atoms with Crippen LogP contribution >= 0.6 is 0 Å². The minimum absolute atomic E-state index is 0.0171. The summed E-state index contributed by atoms with van der Waals surface area (Å²) in [6.45, 7) is 0. The van der Waals surface area contributed by atoms with Crippen molar-refractivity contribution in [3.63, 3.8) is 0 Å². The first-order chi connectivity index (χ1) is 11.5. The van der Waals surface area contributed by atoms with Gasteiger partial charge < -0.3 is 14.4 Å². The van der Waals surface area contributed by atoms with E-state index in [0.29, 0.717) is 35.0 Å². The third-order valence-corrected chi connectivity index (χ3v) is 6.05. The van der Waals surface area contributed by atoms with Crippen molar-refractivity contribution < 1.29 is 19.1 Å². The summed E-state index contributed by atoms with van der Waals surface area (Å²) in [5, 5.41) is 0. The number of fused-ring (bicyclic) bond motifs is 5. The lowest BCUT2D eigenvalue weighted by molar-refractivity contribution is -0.137. The number of amides is 1. The van der Waals surface area contributed by atoms with Crippen LogP contribution in [0, 0.1) is 29.6 Å². The summed E-state index contributed by atoms with van der Waals surface area (Å²) in [4.78, 5) is 26.6. The second-order valence-corrected chi connectivity index (χ2v) is 7.47. The third kappa shape index (κ3) is 2.21. The summed E-state index contributed by atoms with van der Waals surface area (Å²) in [5.41, 5.74) is 0.362. The van der Waals surface area contributed by atoms with Crippen molar-refractivity contribution in [2.45, 2.75) is 19.3 Å². The number of para-hydroxylation sites is 1. The van der Waals surface area contributed by atoms with Crippen LogP contribution in [-0.2, 0) is 4.79 Å². The molecule has 0 unspecified atom stereocenters. The first-order valence-corrected chi connectivity index (χ1v) is 8.63. The molecule has 0 radical (unpaired) electrons. The summed E-state index contributed by atoms with van der Waals surface area (Å²) in [7, 11) is 4.87. The number of ether oxygens (including phenoxy) is 2. The van der Waals surface area contributed by atoms with E-state index in [9.17, 15) is 9.59 Å². The van der Waals surface area contributed by atoms with Gasteiger partial charge in [-0.15, -0.1) is 0 Å². The van der Waals surface area contributed by atoms with Gasteiger partial charge in [0.25, 0.3) is 5.91 Å². The van der Waals surface area contributed by atoms with Gasteiger partial charge in [-0.3, -0.25) is 9.59 Å². The molecule has 3 aliphatic rings. The summed E-state index contributed by atoms with van der Waals surface area (Å²) in [5.74, 6) is 2.73. The van der Waals surface area contributed by atoms with Crippen LogP contribution in [0.1, 0.15) is 29.6 Å². The number of methoxy groups -OCH3 is 1. The van der Waals surface area contributed by atoms with E-state index < -0.39 is 0 Å². The number of carbonyl (C=O) groups excluding carboxylic acids is 2. The van der Waals surface area contributed by atoms with E-state index in [0.717, 1.165) is 0 Å². The molecule has 24 heavy (non-hydrogen) atoms. The average Bonchev–Trinajstić information content (AvgIpc) is 3.02. The molecule has 4 rings (SSSR count). The normalized spacial score (nSPS) is 32.2. The number of rotatable bonds is 4. The Morgan fingerprint density at radius 2 is 1.79 bits per heavy atom. The zero-order chi connectivity index (χ0) is 17.0. The van der Waals surface area contributed by atoms with Gasteiger partial charge in [-0.1, -0.05) is 6.07 Å². The van der Waals surface area contributed by atoms with Crippen LogP contribution in [0.4, 0.5) is 0 Å². The van der Waals surface area contributed by atoms with E-state index in [-0.39, 0.29) is 23.5 Å². The molecule has 0 N–H and O–H groups in total. The van der Waals surface area contributed by atoms with Crippen LogP contribution in [0.2, 0.25) is 0 Å². The Morgan fingerprint density at radius 1 is 1.12 bits per heavy atom. The molecule has 4 atom stereocenters. The van der Waals surface area contributed by atoms with Gasteiger partial charge in [-0.05, 0) is 55.1 Å². The molecule has 2 bridgehead atoms. The molecule has 1 aromatic rings. The van der Waals surface area contributed by atoms with Crippen molar-refractivity contribution in [1.82, 2.24) is 4.90 Å². The van der Waals surface area contributed by atoms with E-state index in [1.165, 1.54) is 31.3 Å². The van der Waals surface area contributed by atoms with Crippen LogP contribution in [-0.4, -0.2) is 38.0 Å². The zero-order valence-electron chi connectivity index (χ0n) is 14.3. The lowest BCUT2D eigenvalue weighted by Gasteiger charge is -2.17. The molecule has 0 aliphatic heterocycles. The van der Waals surface area contributed by atoms with Gasteiger partial charge >= 0.3 is 5.97 Å². The van der Waals surface area contributed by atoms with Gasteiger partial charge in [0.2, 0.25) is 0 Å². The highest BCUT2D eigenvalue weighted by Gasteiger charge is 2.68. The van der Waals surface area contributed by atoms with E-state index in [1.54, 1.807) is 32.3 Å². The topological polar surface area (TPSA) is 55.8 Å². The van der Waals surface area contributed by atoms with Gasteiger partial charge in [-0.2, -0.15) is 0 Å². The van der Waals surface area contributed by atoms with E-state index >= 15 is 0 Å². The Balaban J connectivity index is 1.58. The van der Waals surface area contributed by atoms with Crippen molar-refractivity contribution in [3.8, 4) is 11.5 Å². The molecule has 5 nitrogen and oxygen atoms in total. The quantitative estimate of drug-likeness (QED) is 0.629. The number of nitrogens with zero attached hydrogens (tertiary/aromatic N) is 1. The van der Waals surface area contributed by atoms with Gasteiger partial charge in [0, 0.05) is 14.1 Å². The maximum absolute atomic E-state index is 12.7. The molecule has 0 aromatic heterocycles. The maximum atomic E-state index is 12.7. The lowest BCUT2D eigenvalue weighted by Crippen LogP contribution is -2.24. The summed E-state index contributed by atoms with van der Waals surface area (Å²) in [6.07, 6.45) is 3.81. The van der Waals surface area contributed by atoms with Crippen molar-refractivity contribution in [3.05, 3.63) is 23.8 Å². The predicted octanol–water partition coefficient (Wildman–Crippen LogP) is 2.59. The van der Waals surface area contributed by atoms with Gasteiger partial charge in [-0.25, -0.2) is 0 Å². The van der Waals surface area contributed by atoms with Crippen LogP contribution in [0.5, 0.6) is 11.5 Å². The highest BCUT2D eigenvalue weighted by molar-refractivity contribution is 5.98. The molecule has 1 amide bonds. The van der Waals surface area contributed by atoms with Crippen LogP contribution in [0.3, 0.4) is 0 Å². The fraction of sp³-hybridized carbons (Fsp3) is 0.579. The molecule has 1 aromatic carbocycles. The fourth-order valence-corrected chi connectivity index (χ4v) is 5.00. The molecular formula is C19H23NO4. The smallest absolute Gasteiger partial charge is 0.315 e. The van der Waals surface area contributed by atoms with Gasteiger partial charge in [0.15, 0.2) is 11.5 Å². The Bertz CT molecular complexity index is 683.